The van der Waals surface area contributed by atoms with Crippen molar-refractivity contribution in [1.29, 1.82) is 0 Å². The molecule has 17 heteroatoms. The van der Waals surface area contributed by atoms with Crippen LogP contribution in [0.1, 0.15) is 31.2 Å². The van der Waals surface area contributed by atoms with E-state index in [2.05, 4.69) is 14.9 Å². The molecule has 0 bridgehead atoms. The number of H-pyrrole nitrogens is 1. The first-order valence-corrected chi connectivity index (χ1v) is 14.3. The van der Waals surface area contributed by atoms with Gasteiger partial charge in [0.15, 0.2) is 5.60 Å². The molecule has 4 rings (SSSR count). The lowest BCUT2D eigenvalue weighted by molar-refractivity contribution is -0.170. The second kappa shape index (κ2) is 15.7. The third kappa shape index (κ3) is 10.3. The molecule has 0 atom stereocenters. The van der Waals surface area contributed by atoms with E-state index in [-0.39, 0.29) is 16.3 Å². The van der Waals surface area contributed by atoms with Gasteiger partial charge in [0.05, 0.1) is 35.7 Å². The van der Waals surface area contributed by atoms with Crippen LogP contribution in [0, 0.1) is 0 Å². The quantitative estimate of drug-likeness (QED) is 0.177. The Balaban J connectivity index is 0.000000376. The van der Waals surface area contributed by atoms with Gasteiger partial charge in [-0.05, 0) is 43.7 Å². The maximum Gasteiger partial charge on any atom is 0.419 e. The van der Waals surface area contributed by atoms with Gasteiger partial charge in [0.25, 0.3) is 0 Å². The molecule has 0 unspecified atom stereocenters. The first-order chi connectivity index (χ1) is 21.6. The number of unbranched alkanes of at least 4 members (excludes halogenated alkanes) is 1. The average Bonchev–Trinajstić information content (AvgIpc) is 2.96. The highest BCUT2D eigenvalue weighted by Crippen LogP contribution is 2.41. The summed E-state index contributed by atoms with van der Waals surface area (Å²) in [6.07, 6.45) is -5.06. The Labute approximate surface area is 264 Å². The molecule has 1 saturated heterocycles. The number of fused-ring (bicyclic) bond motifs is 1. The summed E-state index contributed by atoms with van der Waals surface area (Å²) >= 11 is 5.85. The van der Waals surface area contributed by atoms with Gasteiger partial charge in [-0.15, -0.1) is 0 Å². The van der Waals surface area contributed by atoms with Crippen LogP contribution in [0.4, 0.5) is 18.9 Å². The van der Waals surface area contributed by atoms with E-state index in [0.29, 0.717) is 44.3 Å². The number of hydrogen-bond donors (Lipinski definition) is 5. The lowest BCUT2D eigenvalue weighted by Crippen LogP contribution is -2.47. The van der Waals surface area contributed by atoms with Crippen molar-refractivity contribution >= 4 is 46.2 Å². The van der Waals surface area contributed by atoms with Crippen LogP contribution in [0.5, 0.6) is 5.88 Å². The second-order valence-corrected chi connectivity index (χ2v) is 10.8. The highest BCUT2D eigenvalue weighted by atomic mass is 35.5. The predicted molar refractivity (Wildman–Crippen MR) is 159 cm³/mol. The first-order valence-electron chi connectivity index (χ1n) is 13.9. The molecule has 1 aliphatic heterocycles. The van der Waals surface area contributed by atoms with Crippen LogP contribution in [0.2, 0.25) is 5.02 Å². The molecular weight excluding hydrogens is 641 g/mol. The molecule has 46 heavy (non-hydrogen) atoms. The number of carbonyl (C=O) groups is 3. The van der Waals surface area contributed by atoms with Crippen molar-refractivity contribution in [2.24, 2.45) is 0 Å². The second-order valence-electron chi connectivity index (χ2n) is 10.4. The SMILES string of the molecule is O=C(O)CC(O)(CC(=O)O)C(=O)O.O=c1ccc2ccc(OCCCCN3CCN(c4cccc(Cl)c4C(F)(F)F)CC3)nc2[nH]1. The normalized spacial score (nSPS) is 14.0. The number of halogens is 4. The van der Waals surface area contributed by atoms with Crippen molar-refractivity contribution in [2.75, 3.05) is 44.2 Å². The molecule has 1 fully saturated rings. The Hall–Kier alpha value is -4.41. The molecular formula is C29H32ClF3N4O9. The molecule has 0 aliphatic carbocycles. The Morgan fingerprint density at radius 1 is 0.935 bits per heavy atom. The van der Waals surface area contributed by atoms with Gasteiger partial charge >= 0.3 is 24.1 Å². The summed E-state index contributed by atoms with van der Waals surface area (Å²) in [5, 5.41) is 34.4. The van der Waals surface area contributed by atoms with E-state index in [1.165, 1.54) is 18.2 Å². The third-order valence-electron chi connectivity index (χ3n) is 6.95. The van der Waals surface area contributed by atoms with Gasteiger partial charge < -0.3 is 35.0 Å². The van der Waals surface area contributed by atoms with Crippen LogP contribution >= 0.6 is 11.6 Å². The number of aromatic nitrogens is 2. The van der Waals surface area contributed by atoms with Gasteiger partial charge in [-0.1, -0.05) is 17.7 Å². The number of alkyl halides is 3. The van der Waals surface area contributed by atoms with Crippen LogP contribution in [0.15, 0.2) is 47.3 Å². The summed E-state index contributed by atoms with van der Waals surface area (Å²) in [5.41, 5.74) is -3.07. The molecule has 0 saturated carbocycles. The summed E-state index contributed by atoms with van der Waals surface area (Å²) < 4.78 is 46.0. The minimum absolute atomic E-state index is 0.146. The number of aromatic amines is 1. The zero-order valence-electron chi connectivity index (χ0n) is 24.3. The Kier molecular flexibility index (Phi) is 12.3. The highest BCUT2D eigenvalue weighted by Gasteiger charge is 2.41. The molecule has 3 aromatic rings. The Morgan fingerprint density at radius 3 is 2.15 bits per heavy atom. The Bertz CT molecular complexity index is 1580. The molecule has 0 spiro atoms. The number of pyridine rings is 2. The van der Waals surface area contributed by atoms with Crippen molar-refractivity contribution in [2.45, 2.75) is 37.5 Å². The number of anilines is 1. The van der Waals surface area contributed by atoms with Crippen LogP contribution in [-0.2, 0) is 20.6 Å². The van der Waals surface area contributed by atoms with Crippen molar-refractivity contribution in [3.8, 4) is 5.88 Å². The molecule has 5 N–H and O–H groups in total. The summed E-state index contributed by atoms with van der Waals surface area (Å²) in [7, 11) is 0. The van der Waals surface area contributed by atoms with E-state index in [1.54, 1.807) is 23.1 Å². The number of piperazine rings is 1. The van der Waals surface area contributed by atoms with Gasteiger partial charge in [-0.3, -0.25) is 19.3 Å². The monoisotopic (exact) mass is 672 g/mol. The van der Waals surface area contributed by atoms with Crippen LogP contribution in [0.25, 0.3) is 11.0 Å². The zero-order valence-corrected chi connectivity index (χ0v) is 25.1. The fourth-order valence-electron chi connectivity index (χ4n) is 4.69. The lowest BCUT2D eigenvalue weighted by atomic mass is 9.96. The standard InChI is InChI=1S/C23H24ClF3N4O2.C6H8O7/c24-17-4-3-5-18(21(17)23(25,26)27)31-13-11-30(12-14-31)10-1-2-15-33-20-9-7-16-6-8-19(32)28-22(16)29-20;7-3(8)1-6(13,5(11)12)2-4(9)10/h3-9H,1-2,10-15H2,(H,28,29,32);13H,1-2H2,(H,7,8)(H,9,10)(H,11,12). The molecule has 2 aromatic heterocycles. The third-order valence-corrected chi connectivity index (χ3v) is 7.26. The Morgan fingerprint density at radius 2 is 1.57 bits per heavy atom. The number of hydrogen-bond acceptors (Lipinski definition) is 9. The number of ether oxygens (including phenoxy) is 1. The fourth-order valence-corrected chi connectivity index (χ4v) is 4.97. The van der Waals surface area contributed by atoms with Gasteiger partial charge in [0.1, 0.15) is 5.65 Å². The number of carboxylic acids is 3. The molecule has 250 valence electrons. The smallest absolute Gasteiger partial charge is 0.419 e. The van der Waals surface area contributed by atoms with E-state index < -0.39 is 48.1 Å². The van der Waals surface area contributed by atoms with Crippen LogP contribution < -0.4 is 15.2 Å². The first kappa shape index (κ1) is 36.1. The number of nitrogens with one attached hydrogen (secondary N) is 1. The highest BCUT2D eigenvalue weighted by molar-refractivity contribution is 6.31. The lowest BCUT2D eigenvalue weighted by Gasteiger charge is -2.37. The number of rotatable bonds is 12. The maximum absolute atomic E-state index is 13.4. The van der Waals surface area contributed by atoms with Crippen LogP contribution in [-0.4, -0.2) is 98.1 Å². The van der Waals surface area contributed by atoms with E-state index in [0.717, 1.165) is 24.8 Å². The molecule has 13 nitrogen and oxygen atoms in total. The van der Waals surface area contributed by atoms with Gasteiger partial charge in [0, 0.05) is 43.7 Å². The van der Waals surface area contributed by atoms with Gasteiger partial charge in [-0.2, -0.15) is 18.2 Å². The molecule has 0 radical (unpaired) electrons. The fraction of sp³-hybridized carbons (Fsp3) is 0.414. The van der Waals surface area contributed by atoms with E-state index in [9.17, 15) is 32.3 Å². The number of aliphatic hydroxyl groups is 1. The van der Waals surface area contributed by atoms with Crippen molar-refractivity contribution in [1.82, 2.24) is 14.9 Å². The average molecular weight is 673 g/mol. The number of benzene rings is 1. The summed E-state index contributed by atoms with van der Waals surface area (Å²) in [6.45, 7) is 3.73. The van der Waals surface area contributed by atoms with Gasteiger partial charge in [0.2, 0.25) is 11.4 Å². The topological polar surface area (TPSA) is 194 Å². The summed E-state index contributed by atoms with van der Waals surface area (Å²) in [4.78, 5) is 52.9. The maximum atomic E-state index is 13.4. The summed E-state index contributed by atoms with van der Waals surface area (Å²) in [6, 6.07) is 11.1. The molecule has 1 aromatic carbocycles. The number of nitrogens with zero attached hydrogens (tertiary/aromatic N) is 3. The number of aliphatic carboxylic acids is 3. The largest absolute Gasteiger partial charge is 0.481 e. The van der Waals surface area contributed by atoms with Crippen LogP contribution in [0.3, 0.4) is 0 Å². The molecule has 0 amide bonds. The predicted octanol–water partition coefficient (Wildman–Crippen LogP) is 3.33. The van der Waals surface area contributed by atoms with E-state index in [1.807, 2.05) is 6.07 Å². The van der Waals surface area contributed by atoms with Crippen molar-refractivity contribution < 1.29 is 52.7 Å². The number of carboxylic acid groups (broad SMARTS) is 3. The molecule has 1 aliphatic rings. The zero-order chi connectivity index (χ0) is 34.1. The minimum atomic E-state index is -4.49. The van der Waals surface area contributed by atoms with E-state index in [4.69, 9.17) is 36.8 Å². The van der Waals surface area contributed by atoms with Crippen molar-refractivity contribution in [3.63, 3.8) is 0 Å². The summed E-state index contributed by atoms with van der Waals surface area (Å²) in [5.74, 6) is -4.56. The van der Waals surface area contributed by atoms with Gasteiger partial charge in [-0.25, -0.2) is 4.79 Å². The molecule has 3 heterocycles. The van der Waals surface area contributed by atoms with Crippen molar-refractivity contribution in [3.05, 3.63) is 63.4 Å². The van der Waals surface area contributed by atoms with E-state index >= 15 is 0 Å². The minimum Gasteiger partial charge on any atom is -0.481 e.